The van der Waals surface area contributed by atoms with E-state index in [1.807, 2.05) is 60.7 Å². The first-order valence-corrected chi connectivity index (χ1v) is 9.97. The Balaban J connectivity index is 1.60. The fourth-order valence-corrected chi connectivity index (χ4v) is 3.87. The Hall–Kier alpha value is -3.06. The van der Waals surface area contributed by atoms with Crippen molar-refractivity contribution in [2.75, 3.05) is 5.75 Å². The summed E-state index contributed by atoms with van der Waals surface area (Å²) in [5.74, 6) is 0.343. The van der Waals surface area contributed by atoms with E-state index in [1.54, 1.807) is 4.57 Å². The van der Waals surface area contributed by atoms with Crippen LogP contribution in [-0.2, 0) is 19.7 Å². The molecule has 1 N–H and O–H groups in total. The van der Waals surface area contributed by atoms with Crippen molar-refractivity contribution in [3.05, 3.63) is 87.8 Å². The average molecular weight is 393 g/mol. The molecule has 0 unspecified atom stereocenters. The molecule has 0 spiro atoms. The average Bonchev–Trinajstić information content (AvgIpc) is 3.22. The topological polar surface area (TPSA) is 73.2 Å². The Bertz CT molecular complexity index is 1040. The summed E-state index contributed by atoms with van der Waals surface area (Å²) in [6.45, 7) is 1.12. The van der Waals surface area contributed by atoms with Crippen LogP contribution in [0.4, 0.5) is 0 Å². The van der Waals surface area contributed by atoms with Crippen molar-refractivity contribution in [3.8, 4) is 5.75 Å². The van der Waals surface area contributed by atoms with Gasteiger partial charge in [0.15, 0.2) is 10.9 Å². The lowest BCUT2D eigenvalue weighted by molar-refractivity contribution is 0.0938. The number of fused-ring (bicyclic) bond motifs is 1. The molecule has 142 valence electrons. The number of aromatic nitrogens is 2. The minimum atomic E-state index is -0.417. The van der Waals surface area contributed by atoms with Gasteiger partial charge in [-0.05, 0) is 11.1 Å². The first kappa shape index (κ1) is 18.3. The van der Waals surface area contributed by atoms with Gasteiger partial charge in [-0.25, -0.2) is 4.98 Å². The molecule has 0 bridgehead atoms. The number of carbonyl (C=O) groups excluding carboxylic acids is 1. The highest BCUT2D eigenvalue weighted by molar-refractivity contribution is 7.99. The summed E-state index contributed by atoms with van der Waals surface area (Å²) in [6.07, 6.45) is 0. The highest BCUT2D eigenvalue weighted by Gasteiger charge is 2.25. The van der Waals surface area contributed by atoms with Crippen molar-refractivity contribution in [2.45, 2.75) is 24.9 Å². The molecule has 7 heteroatoms. The number of nitrogens with one attached hydrogen (secondary N) is 1. The van der Waals surface area contributed by atoms with E-state index in [-0.39, 0.29) is 23.6 Å². The standard InChI is InChI=1S/C21H19N3O3S/c25-19(22-13-15-7-3-1-4-8-15)17-18(27-14-16-9-5-2-6-10-16)20(26)24-11-12-28-21(24)23-17/h1-10H,11-14H2,(H,22,25). The van der Waals surface area contributed by atoms with E-state index in [9.17, 15) is 9.59 Å². The first-order chi connectivity index (χ1) is 13.7. The molecule has 4 rings (SSSR count). The summed E-state index contributed by atoms with van der Waals surface area (Å²) in [4.78, 5) is 30.1. The molecule has 0 saturated carbocycles. The zero-order valence-electron chi connectivity index (χ0n) is 15.1. The fourth-order valence-electron chi connectivity index (χ4n) is 2.93. The third kappa shape index (κ3) is 3.94. The Labute approximate surface area is 166 Å². The molecule has 3 aromatic rings. The highest BCUT2D eigenvalue weighted by Crippen LogP contribution is 2.25. The van der Waals surface area contributed by atoms with Gasteiger partial charge >= 0.3 is 0 Å². The van der Waals surface area contributed by atoms with Crippen molar-refractivity contribution < 1.29 is 9.53 Å². The van der Waals surface area contributed by atoms with Gasteiger partial charge in [-0.1, -0.05) is 72.4 Å². The first-order valence-electron chi connectivity index (χ1n) is 8.99. The van der Waals surface area contributed by atoms with Crippen molar-refractivity contribution in [1.82, 2.24) is 14.9 Å². The highest BCUT2D eigenvalue weighted by atomic mass is 32.2. The quantitative estimate of drug-likeness (QED) is 0.652. The third-order valence-corrected chi connectivity index (χ3v) is 5.33. The number of thioether (sulfide) groups is 1. The zero-order valence-corrected chi connectivity index (χ0v) is 15.9. The van der Waals surface area contributed by atoms with Crippen LogP contribution in [0.5, 0.6) is 5.75 Å². The summed E-state index contributed by atoms with van der Waals surface area (Å²) in [5.41, 5.74) is 1.61. The van der Waals surface area contributed by atoms with Gasteiger partial charge < -0.3 is 10.1 Å². The van der Waals surface area contributed by atoms with Crippen LogP contribution in [-0.4, -0.2) is 21.2 Å². The van der Waals surface area contributed by atoms with Gasteiger partial charge in [0, 0.05) is 18.8 Å². The van der Waals surface area contributed by atoms with Gasteiger partial charge in [0.25, 0.3) is 11.5 Å². The second-order valence-corrected chi connectivity index (χ2v) is 7.38. The minimum absolute atomic E-state index is 0.000615. The molecular weight excluding hydrogens is 374 g/mol. The molecule has 0 atom stereocenters. The molecule has 0 saturated heterocycles. The molecule has 2 aromatic carbocycles. The maximum atomic E-state index is 12.9. The van der Waals surface area contributed by atoms with Crippen LogP contribution in [0.15, 0.2) is 70.6 Å². The van der Waals surface area contributed by atoms with Gasteiger partial charge in [0.2, 0.25) is 5.75 Å². The van der Waals surface area contributed by atoms with Crippen molar-refractivity contribution >= 4 is 17.7 Å². The van der Waals surface area contributed by atoms with Crippen LogP contribution >= 0.6 is 11.8 Å². The van der Waals surface area contributed by atoms with E-state index in [4.69, 9.17) is 4.74 Å². The van der Waals surface area contributed by atoms with Crippen LogP contribution < -0.4 is 15.6 Å². The summed E-state index contributed by atoms with van der Waals surface area (Å²) in [6, 6.07) is 19.1. The molecule has 2 heterocycles. The Kier molecular flexibility index (Phi) is 5.43. The second kappa shape index (κ2) is 8.31. The molecule has 0 fully saturated rings. The summed E-state index contributed by atoms with van der Waals surface area (Å²) in [5, 5.41) is 3.39. The number of hydrogen-bond acceptors (Lipinski definition) is 5. The van der Waals surface area contributed by atoms with Gasteiger partial charge in [0.1, 0.15) is 6.61 Å². The predicted molar refractivity (Wildman–Crippen MR) is 108 cm³/mol. The van der Waals surface area contributed by atoms with Crippen LogP contribution in [0.2, 0.25) is 0 Å². The fraction of sp³-hybridized carbons (Fsp3) is 0.190. The Morgan fingerprint density at radius 3 is 2.46 bits per heavy atom. The van der Waals surface area contributed by atoms with E-state index >= 15 is 0 Å². The van der Waals surface area contributed by atoms with Crippen molar-refractivity contribution in [3.63, 3.8) is 0 Å². The maximum Gasteiger partial charge on any atom is 0.297 e. The minimum Gasteiger partial charge on any atom is -0.481 e. The molecule has 1 aromatic heterocycles. The van der Waals surface area contributed by atoms with Crippen LogP contribution in [0.3, 0.4) is 0 Å². The lowest BCUT2D eigenvalue weighted by Crippen LogP contribution is -2.30. The largest absolute Gasteiger partial charge is 0.481 e. The number of ether oxygens (including phenoxy) is 1. The normalized spacial score (nSPS) is 12.4. The number of nitrogens with zero attached hydrogens (tertiary/aromatic N) is 2. The van der Waals surface area contributed by atoms with E-state index in [2.05, 4.69) is 10.3 Å². The number of carbonyl (C=O) groups is 1. The van der Waals surface area contributed by atoms with E-state index in [0.29, 0.717) is 18.2 Å². The molecule has 1 aliphatic heterocycles. The van der Waals surface area contributed by atoms with E-state index in [1.165, 1.54) is 11.8 Å². The van der Waals surface area contributed by atoms with E-state index in [0.717, 1.165) is 16.9 Å². The monoisotopic (exact) mass is 393 g/mol. The number of hydrogen-bond donors (Lipinski definition) is 1. The zero-order chi connectivity index (χ0) is 19.3. The third-order valence-electron chi connectivity index (χ3n) is 4.38. The molecule has 1 aliphatic rings. The number of amides is 1. The van der Waals surface area contributed by atoms with Gasteiger partial charge in [0.05, 0.1) is 0 Å². The van der Waals surface area contributed by atoms with Crippen molar-refractivity contribution in [2.24, 2.45) is 0 Å². The summed E-state index contributed by atoms with van der Waals surface area (Å²) in [7, 11) is 0. The lowest BCUT2D eigenvalue weighted by atomic mass is 10.2. The summed E-state index contributed by atoms with van der Waals surface area (Å²) >= 11 is 1.47. The molecule has 0 aliphatic carbocycles. The number of benzene rings is 2. The Morgan fingerprint density at radius 1 is 1.07 bits per heavy atom. The molecular formula is C21H19N3O3S. The van der Waals surface area contributed by atoms with Gasteiger partial charge in [-0.15, -0.1) is 0 Å². The van der Waals surface area contributed by atoms with Crippen molar-refractivity contribution in [1.29, 1.82) is 0 Å². The van der Waals surface area contributed by atoms with Gasteiger partial charge in [-0.3, -0.25) is 14.2 Å². The smallest absolute Gasteiger partial charge is 0.297 e. The second-order valence-electron chi connectivity index (χ2n) is 6.32. The predicted octanol–water partition coefficient (Wildman–Crippen LogP) is 2.86. The summed E-state index contributed by atoms with van der Waals surface area (Å²) < 4.78 is 7.35. The molecule has 28 heavy (non-hydrogen) atoms. The van der Waals surface area contributed by atoms with E-state index < -0.39 is 5.91 Å². The van der Waals surface area contributed by atoms with Gasteiger partial charge in [-0.2, -0.15) is 0 Å². The Morgan fingerprint density at radius 2 is 1.75 bits per heavy atom. The van der Waals surface area contributed by atoms with Crippen LogP contribution in [0, 0.1) is 0 Å². The maximum absolute atomic E-state index is 12.9. The van der Waals surface area contributed by atoms with Crippen LogP contribution in [0.1, 0.15) is 21.6 Å². The van der Waals surface area contributed by atoms with Crippen LogP contribution in [0.25, 0.3) is 0 Å². The molecule has 0 radical (unpaired) electrons. The molecule has 1 amide bonds. The SMILES string of the molecule is O=C(NCc1ccccc1)c1nc2n(c(=O)c1OCc1ccccc1)CCS2. The number of rotatable bonds is 6. The lowest BCUT2D eigenvalue weighted by Gasteiger charge is -2.13. The molecule has 6 nitrogen and oxygen atoms in total.